The molecule has 2 nitrogen and oxygen atoms in total. The fourth-order valence-electron chi connectivity index (χ4n) is 2.46. The minimum atomic E-state index is -0.192. The van der Waals surface area contributed by atoms with E-state index in [2.05, 4.69) is 58.2 Å². The summed E-state index contributed by atoms with van der Waals surface area (Å²) in [5.74, 6) is 0. The van der Waals surface area contributed by atoms with Gasteiger partial charge < -0.3 is 5.73 Å². The number of nitrogens with zero attached hydrogens (tertiary/aromatic N) is 1. The molecule has 0 radical (unpaired) electrons. The van der Waals surface area contributed by atoms with Crippen molar-refractivity contribution in [1.82, 2.24) is 4.98 Å². The number of hydrogen-bond donors (Lipinski definition) is 1. The average Bonchev–Trinajstić information content (AvgIpc) is 2.49. The number of hydrogen-bond acceptors (Lipinski definition) is 2. The lowest BCUT2D eigenvalue weighted by molar-refractivity contribution is 0.869. The van der Waals surface area contributed by atoms with Crippen molar-refractivity contribution in [3.63, 3.8) is 0 Å². The lowest BCUT2D eigenvalue weighted by Gasteiger charge is -2.17. The quantitative estimate of drug-likeness (QED) is 0.760. The summed E-state index contributed by atoms with van der Waals surface area (Å²) < 4.78 is 1.07. The van der Waals surface area contributed by atoms with E-state index < -0.39 is 0 Å². The van der Waals surface area contributed by atoms with E-state index in [4.69, 9.17) is 5.73 Å². The molecule has 0 aliphatic heterocycles. The lowest BCUT2D eigenvalue weighted by atomic mass is 9.96. The molecule has 0 amide bonds. The van der Waals surface area contributed by atoms with Crippen LogP contribution in [0, 0.1) is 6.92 Å². The zero-order valence-corrected chi connectivity index (χ0v) is 12.8. The van der Waals surface area contributed by atoms with Gasteiger partial charge in [-0.3, -0.25) is 4.98 Å². The third-order valence-electron chi connectivity index (χ3n) is 3.56. The molecule has 3 rings (SSSR count). The van der Waals surface area contributed by atoms with Crippen LogP contribution in [0.3, 0.4) is 0 Å². The topological polar surface area (TPSA) is 38.9 Å². The van der Waals surface area contributed by atoms with Gasteiger partial charge in [-0.15, -0.1) is 0 Å². The number of rotatable bonds is 2. The highest BCUT2D eigenvalue weighted by molar-refractivity contribution is 9.10. The maximum absolute atomic E-state index is 6.48. The van der Waals surface area contributed by atoms with Crippen LogP contribution in [-0.4, -0.2) is 4.98 Å². The largest absolute Gasteiger partial charge is 0.320 e. The predicted octanol–water partition coefficient (Wildman–Crippen LogP) is 4.35. The van der Waals surface area contributed by atoms with E-state index in [9.17, 15) is 0 Å². The van der Waals surface area contributed by atoms with Crippen LogP contribution in [0.2, 0.25) is 0 Å². The van der Waals surface area contributed by atoms with Gasteiger partial charge >= 0.3 is 0 Å². The smallest absolute Gasteiger partial charge is 0.0753 e. The Morgan fingerprint density at radius 2 is 1.70 bits per heavy atom. The number of halogens is 1. The Balaban J connectivity index is 2.18. The van der Waals surface area contributed by atoms with E-state index in [1.807, 2.05) is 24.4 Å². The molecule has 20 heavy (non-hydrogen) atoms. The Morgan fingerprint density at radius 1 is 1.00 bits per heavy atom. The SMILES string of the molecule is Cc1cccc(C(N)c2cccc3cccnc23)c1Br. The average molecular weight is 327 g/mol. The molecule has 1 unspecified atom stereocenters. The molecule has 0 bridgehead atoms. The van der Waals surface area contributed by atoms with Crippen LogP contribution >= 0.6 is 15.9 Å². The van der Waals surface area contributed by atoms with Crippen molar-refractivity contribution in [1.29, 1.82) is 0 Å². The molecular formula is C17H15BrN2. The molecule has 100 valence electrons. The zero-order valence-electron chi connectivity index (χ0n) is 11.2. The molecule has 1 aromatic heterocycles. The lowest BCUT2D eigenvalue weighted by Crippen LogP contribution is -2.13. The monoisotopic (exact) mass is 326 g/mol. The standard InChI is InChI=1S/C17H15BrN2/c1-11-5-2-8-13(15(11)18)16(19)14-9-3-6-12-7-4-10-20-17(12)14/h2-10,16H,19H2,1H3. The van der Waals surface area contributed by atoms with Gasteiger partial charge in [-0.2, -0.15) is 0 Å². The first kappa shape index (κ1) is 13.3. The van der Waals surface area contributed by atoms with Crippen molar-refractivity contribution < 1.29 is 0 Å². The Bertz CT molecular complexity index is 763. The summed E-state index contributed by atoms with van der Waals surface area (Å²) in [5.41, 5.74) is 10.8. The van der Waals surface area contributed by atoms with E-state index in [-0.39, 0.29) is 6.04 Å². The third kappa shape index (κ3) is 2.23. The van der Waals surface area contributed by atoms with E-state index in [1.54, 1.807) is 0 Å². The Morgan fingerprint density at radius 3 is 2.55 bits per heavy atom. The zero-order chi connectivity index (χ0) is 14.1. The first-order valence-electron chi connectivity index (χ1n) is 6.52. The number of nitrogens with two attached hydrogens (primary N) is 1. The molecule has 0 saturated heterocycles. The minimum Gasteiger partial charge on any atom is -0.320 e. The van der Waals surface area contributed by atoms with Crippen LogP contribution in [0.5, 0.6) is 0 Å². The number of pyridine rings is 1. The van der Waals surface area contributed by atoms with E-state index in [0.29, 0.717) is 0 Å². The van der Waals surface area contributed by atoms with Gasteiger partial charge in [-0.1, -0.05) is 58.4 Å². The van der Waals surface area contributed by atoms with Gasteiger partial charge in [-0.05, 0) is 29.7 Å². The van der Waals surface area contributed by atoms with Gasteiger partial charge in [0, 0.05) is 16.1 Å². The summed E-state index contributed by atoms with van der Waals surface area (Å²) in [4.78, 5) is 4.48. The third-order valence-corrected chi connectivity index (χ3v) is 4.64. The van der Waals surface area contributed by atoms with Crippen LogP contribution in [0.15, 0.2) is 59.2 Å². The number of benzene rings is 2. The number of aryl methyl sites for hydroxylation is 1. The minimum absolute atomic E-state index is 0.192. The van der Waals surface area contributed by atoms with E-state index in [1.165, 1.54) is 5.56 Å². The first-order valence-corrected chi connectivity index (χ1v) is 7.32. The van der Waals surface area contributed by atoms with Crippen LogP contribution < -0.4 is 5.73 Å². The van der Waals surface area contributed by atoms with Crippen LogP contribution in [0.1, 0.15) is 22.7 Å². The predicted molar refractivity (Wildman–Crippen MR) is 86.7 cm³/mol. The molecule has 0 aliphatic carbocycles. The van der Waals surface area contributed by atoms with Crippen molar-refractivity contribution in [2.45, 2.75) is 13.0 Å². The van der Waals surface area contributed by atoms with Gasteiger partial charge in [0.1, 0.15) is 0 Å². The van der Waals surface area contributed by atoms with Crippen molar-refractivity contribution >= 4 is 26.8 Å². The second kappa shape index (κ2) is 5.35. The van der Waals surface area contributed by atoms with E-state index in [0.717, 1.165) is 26.5 Å². The van der Waals surface area contributed by atoms with Crippen LogP contribution in [0.4, 0.5) is 0 Å². The van der Waals surface area contributed by atoms with Crippen molar-refractivity contribution in [3.8, 4) is 0 Å². The molecule has 0 saturated carbocycles. The maximum Gasteiger partial charge on any atom is 0.0753 e. The van der Waals surface area contributed by atoms with Crippen molar-refractivity contribution in [3.05, 3.63) is 75.9 Å². The van der Waals surface area contributed by atoms with Gasteiger partial charge in [0.25, 0.3) is 0 Å². The molecule has 3 heteroatoms. The highest BCUT2D eigenvalue weighted by Gasteiger charge is 2.16. The molecule has 2 aromatic carbocycles. The summed E-state index contributed by atoms with van der Waals surface area (Å²) in [6, 6.07) is 16.1. The second-order valence-electron chi connectivity index (χ2n) is 4.88. The fraction of sp³-hybridized carbons (Fsp3) is 0.118. The molecule has 3 aromatic rings. The van der Waals surface area contributed by atoms with Gasteiger partial charge in [0.05, 0.1) is 11.6 Å². The normalized spacial score (nSPS) is 12.6. The molecular weight excluding hydrogens is 312 g/mol. The molecule has 1 atom stereocenters. The molecule has 0 spiro atoms. The molecule has 0 aliphatic rings. The number of fused-ring (bicyclic) bond motifs is 1. The van der Waals surface area contributed by atoms with Crippen LogP contribution in [-0.2, 0) is 0 Å². The summed E-state index contributed by atoms with van der Waals surface area (Å²) in [5, 5.41) is 1.12. The van der Waals surface area contributed by atoms with E-state index >= 15 is 0 Å². The Labute approximate surface area is 126 Å². The molecule has 2 N–H and O–H groups in total. The van der Waals surface area contributed by atoms with Crippen molar-refractivity contribution in [2.75, 3.05) is 0 Å². The van der Waals surface area contributed by atoms with Gasteiger partial charge in [0.2, 0.25) is 0 Å². The van der Waals surface area contributed by atoms with Crippen LogP contribution in [0.25, 0.3) is 10.9 Å². The maximum atomic E-state index is 6.48. The Kier molecular flexibility index (Phi) is 3.55. The number of aromatic nitrogens is 1. The summed E-state index contributed by atoms with van der Waals surface area (Å²) in [6.45, 7) is 2.07. The summed E-state index contributed by atoms with van der Waals surface area (Å²) >= 11 is 3.64. The fourth-order valence-corrected chi connectivity index (χ4v) is 2.97. The van der Waals surface area contributed by atoms with Crippen molar-refractivity contribution in [2.24, 2.45) is 5.73 Å². The van der Waals surface area contributed by atoms with Gasteiger partial charge in [-0.25, -0.2) is 0 Å². The first-order chi connectivity index (χ1) is 9.68. The highest BCUT2D eigenvalue weighted by atomic mass is 79.9. The molecule has 0 fully saturated rings. The highest BCUT2D eigenvalue weighted by Crippen LogP contribution is 2.31. The second-order valence-corrected chi connectivity index (χ2v) is 5.67. The summed E-state index contributed by atoms with van der Waals surface area (Å²) in [6.07, 6.45) is 1.81. The van der Waals surface area contributed by atoms with Gasteiger partial charge in [0.15, 0.2) is 0 Å². The Hall–Kier alpha value is -1.71. The molecule has 1 heterocycles. The summed E-state index contributed by atoms with van der Waals surface area (Å²) in [7, 11) is 0. The number of para-hydroxylation sites is 1.